The number of hydrogen-bond donors (Lipinski definition) is 1. The third-order valence-corrected chi connectivity index (χ3v) is 6.29. The molecule has 1 aromatic rings. The lowest BCUT2D eigenvalue weighted by atomic mass is 10.0. The zero-order valence-electron chi connectivity index (χ0n) is 12.1. The summed E-state index contributed by atoms with van der Waals surface area (Å²) in [7, 11) is 2.05. The van der Waals surface area contributed by atoms with Crippen LogP contribution in [0.3, 0.4) is 0 Å². The number of aryl methyl sites for hydroxylation is 2. The van der Waals surface area contributed by atoms with Crippen LogP contribution in [0.25, 0.3) is 0 Å². The molecular formula is C14H24BrN3S. The van der Waals surface area contributed by atoms with E-state index in [0.717, 1.165) is 23.9 Å². The Hall–Kier alpha value is -0.000000000000000111. The minimum Gasteiger partial charge on any atom is -0.312 e. The molecule has 2 atom stereocenters. The first kappa shape index (κ1) is 15.4. The second-order valence-electron chi connectivity index (χ2n) is 5.29. The monoisotopic (exact) mass is 345 g/mol. The van der Waals surface area contributed by atoms with Crippen molar-refractivity contribution in [2.24, 2.45) is 7.05 Å². The summed E-state index contributed by atoms with van der Waals surface area (Å²) in [4.78, 5) is 0. The Bertz CT molecular complexity index is 413. The number of aromatic nitrogens is 2. The van der Waals surface area contributed by atoms with Gasteiger partial charge in [-0.15, -0.1) is 0 Å². The van der Waals surface area contributed by atoms with Crippen LogP contribution in [0.2, 0.25) is 0 Å². The smallest absolute Gasteiger partial charge is 0.0738 e. The maximum atomic E-state index is 4.51. The highest BCUT2D eigenvalue weighted by atomic mass is 79.9. The molecule has 2 unspecified atom stereocenters. The Morgan fingerprint density at radius 2 is 2.37 bits per heavy atom. The van der Waals surface area contributed by atoms with Crippen LogP contribution < -0.4 is 5.32 Å². The van der Waals surface area contributed by atoms with Crippen molar-refractivity contribution < 1.29 is 0 Å². The fourth-order valence-corrected chi connectivity index (χ4v) is 4.59. The van der Waals surface area contributed by atoms with Gasteiger partial charge in [0, 0.05) is 24.8 Å². The number of nitrogens with one attached hydrogen (secondary N) is 1. The molecule has 1 N–H and O–H groups in total. The average Bonchev–Trinajstić information content (AvgIpc) is 2.98. The third-order valence-electron chi connectivity index (χ3n) is 3.75. The minimum atomic E-state index is 0.568. The summed E-state index contributed by atoms with van der Waals surface area (Å²) >= 11 is 5.82. The predicted molar refractivity (Wildman–Crippen MR) is 86.9 cm³/mol. The molecule has 0 aromatic carbocycles. The highest BCUT2D eigenvalue weighted by Crippen LogP contribution is 2.31. The van der Waals surface area contributed by atoms with Crippen molar-refractivity contribution in [2.45, 2.75) is 50.8 Å². The largest absolute Gasteiger partial charge is 0.312 e. The van der Waals surface area contributed by atoms with Gasteiger partial charge in [-0.2, -0.15) is 16.9 Å². The molecule has 0 saturated carbocycles. The van der Waals surface area contributed by atoms with E-state index in [0.29, 0.717) is 6.04 Å². The molecule has 2 heterocycles. The lowest BCUT2D eigenvalue weighted by Crippen LogP contribution is -2.40. The van der Waals surface area contributed by atoms with Gasteiger partial charge in [-0.1, -0.05) is 6.92 Å². The van der Waals surface area contributed by atoms with E-state index in [1.807, 2.05) is 11.7 Å². The van der Waals surface area contributed by atoms with Gasteiger partial charge in [-0.3, -0.25) is 4.68 Å². The first-order chi connectivity index (χ1) is 9.13. The maximum absolute atomic E-state index is 4.51. The van der Waals surface area contributed by atoms with Crippen molar-refractivity contribution in [2.75, 3.05) is 12.3 Å². The van der Waals surface area contributed by atoms with Gasteiger partial charge in [0.15, 0.2) is 0 Å². The molecule has 0 spiro atoms. The SMILES string of the molecule is CCCNC(Cc1c(Br)c(C)nn1C)C1CCCS1. The molecule has 1 aliphatic heterocycles. The molecule has 3 nitrogen and oxygen atoms in total. The first-order valence-corrected chi connectivity index (χ1v) is 9.00. The van der Waals surface area contributed by atoms with Gasteiger partial charge in [0.2, 0.25) is 0 Å². The van der Waals surface area contributed by atoms with Crippen molar-refractivity contribution in [1.29, 1.82) is 0 Å². The van der Waals surface area contributed by atoms with Crippen LogP contribution in [0, 0.1) is 6.92 Å². The summed E-state index contributed by atoms with van der Waals surface area (Å²) in [5, 5.41) is 9.00. The van der Waals surface area contributed by atoms with Gasteiger partial charge in [0.05, 0.1) is 15.9 Å². The van der Waals surface area contributed by atoms with E-state index in [9.17, 15) is 0 Å². The summed E-state index contributed by atoms with van der Waals surface area (Å²) in [6.45, 7) is 5.40. The van der Waals surface area contributed by atoms with Crippen LogP contribution >= 0.6 is 27.7 Å². The number of nitrogens with zero attached hydrogens (tertiary/aromatic N) is 2. The van der Waals surface area contributed by atoms with E-state index in [4.69, 9.17) is 0 Å². The molecule has 0 bridgehead atoms. The van der Waals surface area contributed by atoms with Gasteiger partial charge in [-0.05, 0) is 54.4 Å². The molecule has 1 saturated heterocycles. The maximum Gasteiger partial charge on any atom is 0.0738 e. The lowest BCUT2D eigenvalue weighted by Gasteiger charge is -2.24. The molecule has 1 fully saturated rings. The Morgan fingerprint density at radius 1 is 1.58 bits per heavy atom. The predicted octanol–water partition coefficient (Wildman–Crippen LogP) is 3.30. The first-order valence-electron chi connectivity index (χ1n) is 7.16. The molecule has 0 radical (unpaired) electrons. The highest BCUT2D eigenvalue weighted by Gasteiger charge is 2.27. The molecule has 0 amide bonds. The Balaban J connectivity index is 2.09. The summed E-state index contributed by atoms with van der Waals surface area (Å²) in [5.41, 5.74) is 2.41. The molecule has 2 rings (SSSR count). The van der Waals surface area contributed by atoms with Crippen molar-refractivity contribution in [3.8, 4) is 0 Å². The van der Waals surface area contributed by atoms with E-state index in [1.165, 1.54) is 35.2 Å². The van der Waals surface area contributed by atoms with E-state index in [-0.39, 0.29) is 0 Å². The van der Waals surface area contributed by atoms with Crippen molar-refractivity contribution in [3.05, 3.63) is 15.9 Å². The topological polar surface area (TPSA) is 29.9 Å². The molecule has 1 aromatic heterocycles. The van der Waals surface area contributed by atoms with Crippen LogP contribution in [0.5, 0.6) is 0 Å². The van der Waals surface area contributed by atoms with Gasteiger partial charge in [0.1, 0.15) is 0 Å². The second-order valence-corrected chi connectivity index (χ2v) is 7.43. The van der Waals surface area contributed by atoms with Crippen LogP contribution in [-0.2, 0) is 13.5 Å². The van der Waals surface area contributed by atoms with Gasteiger partial charge >= 0.3 is 0 Å². The molecule has 108 valence electrons. The van der Waals surface area contributed by atoms with E-state index < -0.39 is 0 Å². The Kier molecular flexibility index (Phi) is 5.78. The third kappa shape index (κ3) is 3.76. The van der Waals surface area contributed by atoms with Crippen LogP contribution in [0.15, 0.2) is 4.47 Å². The summed E-state index contributed by atoms with van der Waals surface area (Å²) in [5.74, 6) is 1.32. The molecule has 5 heteroatoms. The van der Waals surface area contributed by atoms with Gasteiger partial charge in [0.25, 0.3) is 0 Å². The van der Waals surface area contributed by atoms with Crippen LogP contribution in [0.4, 0.5) is 0 Å². The standard InChI is InChI=1S/C14H24BrN3S/c1-4-7-16-11(13-6-5-8-19-13)9-12-14(15)10(2)17-18(12)3/h11,13,16H,4-9H2,1-3H3. The highest BCUT2D eigenvalue weighted by molar-refractivity contribution is 9.10. The second kappa shape index (κ2) is 7.14. The Labute approximate surface area is 129 Å². The van der Waals surface area contributed by atoms with E-state index in [1.54, 1.807) is 0 Å². The average molecular weight is 346 g/mol. The lowest BCUT2D eigenvalue weighted by molar-refractivity contribution is 0.469. The number of thioether (sulfide) groups is 1. The number of hydrogen-bond acceptors (Lipinski definition) is 3. The van der Waals surface area contributed by atoms with Crippen molar-refractivity contribution in [1.82, 2.24) is 15.1 Å². The Morgan fingerprint density at radius 3 is 2.89 bits per heavy atom. The molecule has 0 aliphatic carbocycles. The van der Waals surface area contributed by atoms with E-state index >= 15 is 0 Å². The fourth-order valence-electron chi connectivity index (χ4n) is 2.69. The summed E-state index contributed by atoms with van der Waals surface area (Å²) in [6.07, 6.45) is 4.97. The summed E-state index contributed by atoms with van der Waals surface area (Å²) < 4.78 is 3.21. The minimum absolute atomic E-state index is 0.568. The molecule has 19 heavy (non-hydrogen) atoms. The van der Waals surface area contributed by atoms with Crippen LogP contribution in [-0.4, -0.2) is 33.4 Å². The van der Waals surface area contributed by atoms with E-state index in [2.05, 4.69) is 52.0 Å². The van der Waals surface area contributed by atoms with Gasteiger partial charge in [-0.25, -0.2) is 0 Å². The normalized spacial score (nSPS) is 20.9. The zero-order chi connectivity index (χ0) is 13.8. The number of halogens is 1. The molecule has 1 aliphatic rings. The number of rotatable bonds is 6. The summed E-state index contributed by atoms with van der Waals surface area (Å²) in [6, 6.07) is 0.568. The zero-order valence-corrected chi connectivity index (χ0v) is 14.5. The van der Waals surface area contributed by atoms with Crippen LogP contribution in [0.1, 0.15) is 37.6 Å². The van der Waals surface area contributed by atoms with Crippen molar-refractivity contribution >= 4 is 27.7 Å². The quantitative estimate of drug-likeness (QED) is 0.857. The van der Waals surface area contributed by atoms with Crippen molar-refractivity contribution in [3.63, 3.8) is 0 Å². The molecular weight excluding hydrogens is 322 g/mol. The fraction of sp³-hybridized carbons (Fsp3) is 0.786. The van der Waals surface area contributed by atoms with Gasteiger partial charge < -0.3 is 5.32 Å².